The number of rotatable bonds is 2. The van der Waals surface area contributed by atoms with Gasteiger partial charge in [-0.1, -0.05) is 12.1 Å². The third-order valence-corrected chi connectivity index (χ3v) is 3.97. The lowest BCUT2D eigenvalue weighted by molar-refractivity contribution is 0.122. The standard InChI is InChI=1S/C17H16N4O2/c22-17-13-3-1-2-4-14(13)19-16(20-17)12-5-6-15(18-11-12)21-7-9-23-10-8-21/h1-6,11H,7-10H2,(H,19,20,22). The van der Waals surface area contributed by atoms with Crippen LogP contribution in [0.4, 0.5) is 5.82 Å². The van der Waals surface area contributed by atoms with Gasteiger partial charge in [0.1, 0.15) is 11.6 Å². The minimum absolute atomic E-state index is 0.136. The summed E-state index contributed by atoms with van der Waals surface area (Å²) in [6.07, 6.45) is 1.75. The van der Waals surface area contributed by atoms with Gasteiger partial charge in [0.15, 0.2) is 0 Å². The van der Waals surface area contributed by atoms with Gasteiger partial charge in [0.05, 0.1) is 24.1 Å². The number of hydrogen-bond donors (Lipinski definition) is 1. The summed E-state index contributed by atoms with van der Waals surface area (Å²) in [5, 5.41) is 0.592. The highest BCUT2D eigenvalue weighted by Crippen LogP contribution is 2.19. The number of nitrogens with one attached hydrogen (secondary N) is 1. The van der Waals surface area contributed by atoms with Crippen molar-refractivity contribution in [3.05, 3.63) is 52.9 Å². The number of H-pyrrole nitrogens is 1. The van der Waals surface area contributed by atoms with E-state index in [1.807, 2.05) is 30.3 Å². The van der Waals surface area contributed by atoms with Crippen molar-refractivity contribution < 1.29 is 4.74 Å². The van der Waals surface area contributed by atoms with Gasteiger partial charge >= 0.3 is 0 Å². The summed E-state index contributed by atoms with van der Waals surface area (Å²) in [7, 11) is 0. The molecule has 0 amide bonds. The van der Waals surface area contributed by atoms with Gasteiger partial charge in [0, 0.05) is 24.8 Å². The smallest absolute Gasteiger partial charge is 0.259 e. The van der Waals surface area contributed by atoms with E-state index in [-0.39, 0.29) is 5.56 Å². The maximum atomic E-state index is 12.1. The van der Waals surface area contributed by atoms with Gasteiger partial charge in [-0.3, -0.25) is 4.79 Å². The van der Waals surface area contributed by atoms with Gasteiger partial charge in [0.2, 0.25) is 0 Å². The predicted octanol–water partition coefficient (Wildman–Crippen LogP) is 1.82. The summed E-state index contributed by atoms with van der Waals surface area (Å²) in [5.41, 5.74) is 1.34. The highest BCUT2D eigenvalue weighted by atomic mass is 16.5. The van der Waals surface area contributed by atoms with Crippen molar-refractivity contribution in [3.63, 3.8) is 0 Å². The van der Waals surface area contributed by atoms with Crippen LogP contribution in [-0.2, 0) is 4.74 Å². The van der Waals surface area contributed by atoms with E-state index in [9.17, 15) is 4.79 Å². The average Bonchev–Trinajstić information content (AvgIpc) is 2.63. The number of pyridine rings is 1. The summed E-state index contributed by atoms with van der Waals surface area (Å²) < 4.78 is 5.35. The Balaban J connectivity index is 1.69. The van der Waals surface area contributed by atoms with Crippen molar-refractivity contribution in [1.82, 2.24) is 15.0 Å². The average molecular weight is 308 g/mol. The van der Waals surface area contributed by atoms with Gasteiger partial charge in [-0.2, -0.15) is 0 Å². The van der Waals surface area contributed by atoms with E-state index in [1.165, 1.54) is 0 Å². The van der Waals surface area contributed by atoms with Crippen LogP contribution in [0.1, 0.15) is 0 Å². The maximum Gasteiger partial charge on any atom is 0.259 e. The Hall–Kier alpha value is -2.73. The first-order chi connectivity index (χ1) is 11.3. The molecule has 23 heavy (non-hydrogen) atoms. The second-order valence-electron chi connectivity index (χ2n) is 5.44. The van der Waals surface area contributed by atoms with Crippen LogP contribution in [0.25, 0.3) is 22.3 Å². The molecule has 0 radical (unpaired) electrons. The number of anilines is 1. The number of benzene rings is 1. The molecular formula is C17H16N4O2. The lowest BCUT2D eigenvalue weighted by atomic mass is 10.2. The maximum absolute atomic E-state index is 12.1. The quantitative estimate of drug-likeness (QED) is 0.782. The Morgan fingerprint density at radius 3 is 2.70 bits per heavy atom. The van der Waals surface area contributed by atoms with E-state index in [4.69, 9.17) is 4.74 Å². The second kappa shape index (κ2) is 5.81. The third kappa shape index (κ3) is 2.68. The van der Waals surface area contributed by atoms with Crippen molar-refractivity contribution in [2.75, 3.05) is 31.2 Å². The Labute approximate surface area is 132 Å². The summed E-state index contributed by atoms with van der Waals surface area (Å²) in [6.45, 7) is 3.14. The number of hydrogen-bond acceptors (Lipinski definition) is 5. The van der Waals surface area contributed by atoms with Crippen LogP contribution in [0, 0.1) is 0 Å². The molecule has 1 N–H and O–H groups in total. The van der Waals surface area contributed by atoms with E-state index < -0.39 is 0 Å². The van der Waals surface area contributed by atoms with Crippen LogP contribution in [-0.4, -0.2) is 41.3 Å². The highest BCUT2D eigenvalue weighted by molar-refractivity contribution is 5.79. The monoisotopic (exact) mass is 308 g/mol. The van der Waals surface area contributed by atoms with E-state index in [0.717, 1.165) is 37.7 Å². The van der Waals surface area contributed by atoms with Crippen LogP contribution >= 0.6 is 0 Å². The van der Waals surface area contributed by atoms with E-state index >= 15 is 0 Å². The second-order valence-corrected chi connectivity index (χ2v) is 5.44. The zero-order valence-corrected chi connectivity index (χ0v) is 12.5. The van der Waals surface area contributed by atoms with Gasteiger partial charge in [-0.15, -0.1) is 0 Å². The summed E-state index contributed by atoms with van der Waals surface area (Å²) in [5.74, 6) is 1.45. The molecule has 1 fully saturated rings. The van der Waals surface area contributed by atoms with Crippen molar-refractivity contribution in [2.24, 2.45) is 0 Å². The molecule has 1 saturated heterocycles. The molecule has 1 aromatic carbocycles. The van der Waals surface area contributed by atoms with Crippen LogP contribution < -0.4 is 10.5 Å². The van der Waals surface area contributed by atoms with E-state index in [2.05, 4.69) is 19.9 Å². The zero-order chi connectivity index (χ0) is 15.6. The summed E-state index contributed by atoms with van der Waals surface area (Å²) in [6, 6.07) is 11.2. The summed E-state index contributed by atoms with van der Waals surface area (Å²) >= 11 is 0. The van der Waals surface area contributed by atoms with Gasteiger partial charge in [-0.05, 0) is 24.3 Å². The lowest BCUT2D eigenvalue weighted by Crippen LogP contribution is -2.36. The molecule has 116 valence electrons. The SMILES string of the molecule is O=c1[nH]c(-c2ccc(N3CCOCC3)nc2)nc2ccccc12. The molecule has 2 aromatic heterocycles. The van der Waals surface area contributed by atoms with Crippen LogP contribution in [0.3, 0.4) is 0 Å². The molecule has 6 heteroatoms. The molecule has 0 atom stereocenters. The summed E-state index contributed by atoms with van der Waals surface area (Å²) in [4.78, 5) is 26.2. The molecule has 1 aliphatic rings. The molecule has 0 saturated carbocycles. The first kappa shape index (κ1) is 13.9. The molecule has 3 aromatic rings. The molecule has 0 spiro atoms. The first-order valence-electron chi connectivity index (χ1n) is 7.59. The number of ether oxygens (including phenoxy) is 1. The Kier molecular flexibility index (Phi) is 3.51. The Morgan fingerprint density at radius 2 is 1.91 bits per heavy atom. The molecule has 1 aliphatic heterocycles. The van der Waals surface area contributed by atoms with Gasteiger partial charge in [-0.25, -0.2) is 9.97 Å². The predicted molar refractivity (Wildman–Crippen MR) is 88.6 cm³/mol. The lowest BCUT2D eigenvalue weighted by Gasteiger charge is -2.27. The van der Waals surface area contributed by atoms with E-state index in [1.54, 1.807) is 12.3 Å². The molecule has 4 rings (SSSR count). The number of fused-ring (bicyclic) bond motifs is 1. The van der Waals surface area contributed by atoms with Crippen LogP contribution in [0.15, 0.2) is 47.4 Å². The highest BCUT2D eigenvalue weighted by Gasteiger charge is 2.13. The van der Waals surface area contributed by atoms with Gasteiger partial charge in [0.25, 0.3) is 5.56 Å². The molecule has 0 aliphatic carbocycles. The minimum atomic E-state index is -0.136. The number of aromatic nitrogens is 3. The van der Waals surface area contributed by atoms with Crippen molar-refractivity contribution >= 4 is 16.7 Å². The fraction of sp³-hybridized carbons (Fsp3) is 0.235. The molecule has 3 heterocycles. The van der Waals surface area contributed by atoms with Crippen molar-refractivity contribution in [2.45, 2.75) is 0 Å². The largest absolute Gasteiger partial charge is 0.378 e. The fourth-order valence-electron chi connectivity index (χ4n) is 2.73. The van der Waals surface area contributed by atoms with E-state index in [0.29, 0.717) is 16.7 Å². The molecule has 0 unspecified atom stereocenters. The van der Waals surface area contributed by atoms with Crippen LogP contribution in [0.2, 0.25) is 0 Å². The number of morpholine rings is 1. The van der Waals surface area contributed by atoms with Crippen LogP contribution in [0.5, 0.6) is 0 Å². The number of para-hydroxylation sites is 1. The topological polar surface area (TPSA) is 71.1 Å². The molecule has 6 nitrogen and oxygen atoms in total. The zero-order valence-electron chi connectivity index (χ0n) is 12.5. The van der Waals surface area contributed by atoms with Crippen molar-refractivity contribution in [1.29, 1.82) is 0 Å². The number of aromatic amines is 1. The normalized spacial score (nSPS) is 15.0. The van der Waals surface area contributed by atoms with Gasteiger partial charge < -0.3 is 14.6 Å². The van der Waals surface area contributed by atoms with Crippen molar-refractivity contribution in [3.8, 4) is 11.4 Å². The Bertz CT molecular complexity index is 883. The first-order valence-corrected chi connectivity index (χ1v) is 7.59. The molecule has 0 bridgehead atoms. The Morgan fingerprint density at radius 1 is 1.09 bits per heavy atom. The molecular weight excluding hydrogens is 292 g/mol. The number of nitrogens with zero attached hydrogens (tertiary/aromatic N) is 3. The minimum Gasteiger partial charge on any atom is -0.378 e. The third-order valence-electron chi connectivity index (χ3n) is 3.97. The fourth-order valence-corrected chi connectivity index (χ4v) is 2.73.